The van der Waals surface area contributed by atoms with Crippen LogP contribution >= 0.6 is 0 Å². The molecular weight excluding hydrogens is 207 g/mol. The van der Waals surface area contributed by atoms with Crippen molar-refractivity contribution in [1.29, 1.82) is 0 Å². The molecule has 0 amide bonds. The van der Waals surface area contributed by atoms with E-state index in [0.29, 0.717) is 5.56 Å². The van der Waals surface area contributed by atoms with E-state index >= 15 is 0 Å². The number of aliphatic hydroxyl groups is 1. The Balaban J connectivity index is 2.11. The van der Waals surface area contributed by atoms with E-state index in [4.69, 9.17) is 0 Å². The zero-order chi connectivity index (χ0) is 11.8. The van der Waals surface area contributed by atoms with Gasteiger partial charge in [-0.2, -0.15) is 0 Å². The van der Waals surface area contributed by atoms with Crippen molar-refractivity contribution in [3.63, 3.8) is 0 Å². The molecule has 0 aliphatic carbocycles. The monoisotopic (exact) mass is 224 g/mol. The summed E-state index contributed by atoms with van der Waals surface area (Å²) in [4.78, 5) is 3.75. The SMILES string of the molecule is CC1(C)CCC([C@@H](O)c2cncc(F)c2)N1. The summed E-state index contributed by atoms with van der Waals surface area (Å²) in [5, 5.41) is 13.5. The van der Waals surface area contributed by atoms with Gasteiger partial charge in [-0.25, -0.2) is 4.39 Å². The molecule has 1 aliphatic heterocycles. The molecule has 1 saturated heterocycles. The number of aromatic nitrogens is 1. The van der Waals surface area contributed by atoms with Crippen LogP contribution in [0.2, 0.25) is 0 Å². The summed E-state index contributed by atoms with van der Waals surface area (Å²) in [5.74, 6) is -0.409. The fourth-order valence-corrected chi connectivity index (χ4v) is 2.22. The lowest BCUT2D eigenvalue weighted by molar-refractivity contribution is 0.131. The lowest BCUT2D eigenvalue weighted by Gasteiger charge is -2.23. The zero-order valence-corrected chi connectivity index (χ0v) is 9.57. The van der Waals surface area contributed by atoms with E-state index in [1.165, 1.54) is 12.3 Å². The van der Waals surface area contributed by atoms with E-state index in [1.807, 2.05) is 0 Å². The van der Waals surface area contributed by atoms with Crippen LogP contribution in [0.1, 0.15) is 38.4 Å². The van der Waals surface area contributed by atoms with E-state index in [1.54, 1.807) is 0 Å². The molecule has 0 spiro atoms. The van der Waals surface area contributed by atoms with Crippen LogP contribution in [-0.4, -0.2) is 21.7 Å². The number of aliphatic hydroxyl groups excluding tert-OH is 1. The average molecular weight is 224 g/mol. The molecule has 2 rings (SSSR count). The average Bonchev–Trinajstić information content (AvgIpc) is 2.58. The summed E-state index contributed by atoms with van der Waals surface area (Å²) in [6, 6.07) is 1.32. The highest BCUT2D eigenvalue weighted by Crippen LogP contribution is 2.30. The van der Waals surface area contributed by atoms with Crippen molar-refractivity contribution < 1.29 is 9.50 Å². The van der Waals surface area contributed by atoms with E-state index in [2.05, 4.69) is 24.1 Å². The second kappa shape index (κ2) is 4.11. The molecule has 1 unspecified atom stereocenters. The van der Waals surface area contributed by atoms with Crippen LogP contribution in [0.5, 0.6) is 0 Å². The van der Waals surface area contributed by atoms with Gasteiger partial charge in [0, 0.05) is 23.3 Å². The minimum absolute atomic E-state index is 0.0152. The molecule has 0 bridgehead atoms. The van der Waals surface area contributed by atoms with Crippen molar-refractivity contribution in [1.82, 2.24) is 10.3 Å². The Morgan fingerprint density at radius 3 is 2.88 bits per heavy atom. The molecule has 1 aromatic heterocycles. The minimum atomic E-state index is -0.690. The van der Waals surface area contributed by atoms with Gasteiger partial charge in [-0.1, -0.05) is 0 Å². The number of pyridine rings is 1. The molecule has 3 nitrogen and oxygen atoms in total. The summed E-state index contributed by atoms with van der Waals surface area (Å²) >= 11 is 0. The van der Waals surface area contributed by atoms with Crippen molar-refractivity contribution in [3.8, 4) is 0 Å². The molecule has 1 aliphatic rings. The van der Waals surface area contributed by atoms with Crippen LogP contribution in [0.15, 0.2) is 18.5 Å². The van der Waals surface area contributed by atoms with Crippen LogP contribution in [-0.2, 0) is 0 Å². The summed E-state index contributed by atoms with van der Waals surface area (Å²) < 4.78 is 13.0. The second-order valence-electron chi connectivity index (χ2n) is 5.05. The quantitative estimate of drug-likeness (QED) is 0.805. The predicted molar refractivity (Wildman–Crippen MR) is 59.4 cm³/mol. The van der Waals surface area contributed by atoms with Crippen molar-refractivity contribution in [2.45, 2.75) is 44.4 Å². The van der Waals surface area contributed by atoms with Gasteiger partial charge in [0.1, 0.15) is 5.82 Å². The Labute approximate surface area is 94.7 Å². The lowest BCUT2D eigenvalue weighted by atomic mass is 10.0. The third kappa shape index (κ3) is 2.39. The van der Waals surface area contributed by atoms with Crippen LogP contribution < -0.4 is 5.32 Å². The molecule has 2 N–H and O–H groups in total. The van der Waals surface area contributed by atoms with Gasteiger partial charge < -0.3 is 10.4 Å². The summed E-state index contributed by atoms with van der Waals surface area (Å²) in [6.07, 6.45) is 3.87. The maximum atomic E-state index is 13.0. The number of nitrogens with zero attached hydrogens (tertiary/aromatic N) is 1. The Hall–Kier alpha value is -1.00. The highest BCUT2D eigenvalue weighted by molar-refractivity contribution is 5.16. The molecular formula is C12H17FN2O. The number of rotatable bonds is 2. The zero-order valence-electron chi connectivity index (χ0n) is 9.57. The molecule has 4 heteroatoms. The fraction of sp³-hybridized carbons (Fsp3) is 0.583. The van der Waals surface area contributed by atoms with Gasteiger partial charge in [-0.15, -0.1) is 0 Å². The standard InChI is InChI=1S/C12H17FN2O/c1-12(2)4-3-10(15-12)11(16)8-5-9(13)7-14-6-8/h5-7,10-11,15-16H,3-4H2,1-2H3/t10?,11-/m0/s1. The van der Waals surface area contributed by atoms with Crippen LogP contribution in [0.3, 0.4) is 0 Å². The van der Waals surface area contributed by atoms with Gasteiger partial charge in [0.2, 0.25) is 0 Å². The van der Waals surface area contributed by atoms with Crippen molar-refractivity contribution in [3.05, 3.63) is 29.8 Å². The van der Waals surface area contributed by atoms with Gasteiger partial charge >= 0.3 is 0 Å². The number of nitrogens with one attached hydrogen (secondary N) is 1. The first-order valence-electron chi connectivity index (χ1n) is 5.54. The topological polar surface area (TPSA) is 45.2 Å². The van der Waals surface area contributed by atoms with Crippen molar-refractivity contribution >= 4 is 0 Å². The summed E-state index contributed by atoms with van der Waals surface area (Å²) in [6.45, 7) is 4.20. The van der Waals surface area contributed by atoms with Gasteiger partial charge in [-0.3, -0.25) is 4.98 Å². The Morgan fingerprint density at radius 2 is 2.31 bits per heavy atom. The maximum absolute atomic E-state index is 13.0. The van der Waals surface area contributed by atoms with Crippen molar-refractivity contribution in [2.75, 3.05) is 0 Å². The molecule has 1 fully saturated rings. The summed E-state index contributed by atoms with van der Waals surface area (Å²) in [5.41, 5.74) is 0.585. The molecule has 88 valence electrons. The Kier molecular flexibility index (Phi) is 2.95. The van der Waals surface area contributed by atoms with Gasteiger partial charge in [-0.05, 0) is 32.8 Å². The number of hydrogen-bond donors (Lipinski definition) is 2. The number of hydrogen-bond acceptors (Lipinski definition) is 3. The predicted octanol–water partition coefficient (Wildman–Crippen LogP) is 1.78. The first-order valence-corrected chi connectivity index (χ1v) is 5.54. The Morgan fingerprint density at radius 1 is 1.56 bits per heavy atom. The van der Waals surface area contributed by atoms with Crippen LogP contribution in [0.25, 0.3) is 0 Å². The maximum Gasteiger partial charge on any atom is 0.141 e. The normalized spacial score (nSPS) is 25.6. The molecule has 0 aromatic carbocycles. The lowest BCUT2D eigenvalue weighted by Crippen LogP contribution is -2.40. The number of halogens is 1. The smallest absolute Gasteiger partial charge is 0.141 e. The molecule has 2 atom stereocenters. The second-order valence-corrected chi connectivity index (χ2v) is 5.05. The largest absolute Gasteiger partial charge is 0.387 e. The molecule has 2 heterocycles. The summed E-state index contributed by atoms with van der Waals surface area (Å²) in [7, 11) is 0. The van der Waals surface area contributed by atoms with Gasteiger partial charge in [0.25, 0.3) is 0 Å². The van der Waals surface area contributed by atoms with Crippen LogP contribution in [0.4, 0.5) is 4.39 Å². The molecule has 0 radical (unpaired) electrons. The first-order chi connectivity index (χ1) is 7.48. The van der Waals surface area contributed by atoms with Gasteiger partial charge in [0.15, 0.2) is 0 Å². The third-order valence-corrected chi connectivity index (χ3v) is 3.11. The molecule has 1 aromatic rings. The minimum Gasteiger partial charge on any atom is -0.387 e. The van der Waals surface area contributed by atoms with E-state index < -0.39 is 11.9 Å². The van der Waals surface area contributed by atoms with E-state index in [-0.39, 0.29) is 11.6 Å². The van der Waals surface area contributed by atoms with Crippen LogP contribution in [0, 0.1) is 5.82 Å². The van der Waals surface area contributed by atoms with Crippen molar-refractivity contribution in [2.24, 2.45) is 0 Å². The van der Waals surface area contributed by atoms with E-state index in [0.717, 1.165) is 19.0 Å². The highest BCUT2D eigenvalue weighted by atomic mass is 19.1. The Bertz CT molecular complexity index is 381. The molecule has 16 heavy (non-hydrogen) atoms. The molecule has 0 saturated carbocycles. The highest BCUT2D eigenvalue weighted by Gasteiger charge is 2.34. The van der Waals surface area contributed by atoms with Gasteiger partial charge in [0.05, 0.1) is 12.3 Å². The third-order valence-electron chi connectivity index (χ3n) is 3.11. The first kappa shape index (κ1) is 11.5. The van der Waals surface area contributed by atoms with E-state index in [9.17, 15) is 9.50 Å². The fourth-order valence-electron chi connectivity index (χ4n) is 2.22.